The van der Waals surface area contributed by atoms with Crippen molar-refractivity contribution in [3.05, 3.63) is 47.7 Å². The normalized spacial score (nSPS) is 11.2. The summed E-state index contributed by atoms with van der Waals surface area (Å²) in [4.78, 5) is 13.7. The molecule has 0 aliphatic heterocycles. The molecule has 5 nitrogen and oxygen atoms in total. The minimum Gasteiger partial charge on any atom is -0.465 e. The van der Waals surface area contributed by atoms with E-state index in [4.69, 9.17) is 4.42 Å². The molecule has 2 aromatic heterocycles. The standard InChI is InChI=1S/C15H19N3O2/c1-4-18-11-13(12(2)16-18)10-17(3)15(19)8-7-14-6-5-9-20-14/h5-9,11H,4,10H2,1-3H3/b8-7+. The predicted molar refractivity (Wildman–Crippen MR) is 76.9 cm³/mol. The molecule has 2 rings (SSSR count). The van der Waals surface area contributed by atoms with Crippen LogP contribution in [0.5, 0.6) is 0 Å². The average Bonchev–Trinajstić information content (AvgIpc) is 3.06. The summed E-state index contributed by atoms with van der Waals surface area (Å²) in [5, 5.41) is 4.37. The smallest absolute Gasteiger partial charge is 0.246 e. The lowest BCUT2D eigenvalue weighted by Crippen LogP contribution is -2.24. The Kier molecular flexibility index (Phi) is 4.40. The van der Waals surface area contributed by atoms with Gasteiger partial charge in [0.25, 0.3) is 0 Å². The van der Waals surface area contributed by atoms with Gasteiger partial charge in [-0.3, -0.25) is 9.48 Å². The van der Waals surface area contributed by atoms with Crippen molar-refractivity contribution < 1.29 is 9.21 Å². The van der Waals surface area contributed by atoms with Gasteiger partial charge in [-0.15, -0.1) is 0 Å². The van der Waals surface area contributed by atoms with Gasteiger partial charge in [0.2, 0.25) is 5.91 Å². The Bertz CT molecular complexity index is 597. The summed E-state index contributed by atoms with van der Waals surface area (Å²) in [5.41, 5.74) is 2.02. The molecule has 0 aliphatic rings. The molecular formula is C15H19N3O2. The first kappa shape index (κ1) is 14.1. The fraction of sp³-hybridized carbons (Fsp3) is 0.333. The highest BCUT2D eigenvalue weighted by Gasteiger charge is 2.10. The number of furan rings is 1. The Morgan fingerprint density at radius 3 is 2.95 bits per heavy atom. The van der Waals surface area contributed by atoms with Gasteiger partial charge >= 0.3 is 0 Å². The van der Waals surface area contributed by atoms with E-state index in [0.717, 1.165) is 17.8 Å². The summed E-state index contributed by atoms with van der Waals surface area (Å²) in [6.45, 7) is 5.37. The lowest BCUT2D eigenvalue weighted by atomic mass is 10.2. The third-order valence-electron chi connectivity index (χ3n) is 3.09. The molecule has 1 amide bonds. The Labute approximate surface area is 118 Å². The fourth-order valence-electron chi connectivity index (χ4n) is 1.88. The van der Waals surface area contributed by atoms with E-state index >= 15 is 0 Å². The molecule has 0 spiro atoms. The van der Waals surface area contributed by atoms with E-state index in [1.807, 2.05) is 24.7 Å². The summed E-state index contributed by atoms with van der Waals surface area (Å²) in [6, 6.07) is 3.59. The van der Waals surface area contributed by atoms with E-state index in [2.05, 4.69) is 5.10 Å². The van der Waals surface area contributed by atoms with Crippen LogP contribution in [0.1, 0.15) is 23.9 Å². The minimum atomic E-state index is -0.0648. The maximum Gasteiger partial charge on any atom is 0.246 e. The summed E-state index contributed by atoms with van der Waals surface area (Å²) in [5.74, 6) is 0.604. The lowest BCUT2D eigenvalue weighted by molar-refractivity contribution is -0.125. The first-order valence-corrected chi connectivity index (χ1v) is 6.59. The maximum atomic E-state index is 12.0. The average molecular weight is 273 g/mol. The Morgan fingerprint density at radius 1 is 1.55 bits per heavy atom. The SMILES string of the molecule is CCn1cc(CN(C)C(=O)/C=C/c2ccco2)c(C)n1. The van der Waals surface area contributed by atoms with Crippen molar-refractivity contribution in [2.45, 2.75) is 26.9 Å². The van der Waals surface area contributed by atoms with E-state index < -0.39 is 0 Å². The maximum absolute atomic E-state index is 12.0. The number of hydrogen-bond acceptors (Lipinski definition) is 3. The molecule has 0 radical (unpaired) electrons. The quantitative estimate of drug-likeness (QED) is 0.786. The van der Waals surface area contributed by atoms with Gasteiger partial charge in [0.05, 0.1) is 12.0 Å². The van der Waals surface area contributed by atoms with Crippen molar-refractivity contribution in [1.29, 1.82) is 0 Å². The summed E-state index contributed by atoms with van der Waals surface area (Å²) in [7, 11) is 1.78. The summed E-state index contributed by atoms with van der Waals surface area (Å²) >= 11 is 0. The van der Waals surface area contributed by atoms with Crippen molar-refractivity contribution in [2.75, 3.05) is 7.05 Å². The fourth-order valence-corrected chi connectivity index (χ4v) is 1.88. The summed E-state index contributed by atoms with van der Waals surface area (Å²) < 4.78 is 7.02. The van der Waals surface area contributed by atoms with Crippen LogP contribution in [0.3, 0.4) is 0 Å². The number of likely N-dealkylation sites (N-methyl/N-ethyl adjacent to an activating group) is 1. The molecule has 0 bridgehead atoms. The molecule has 5 heteroatoms. The van der Waals surface area contributed by atoms with Crippen molar-refractivity contribution in [3.8, 4) is 0 Å². The number of amides is 1. The molecule has 0 N–H and O–H groups in total. The minimum absolute atomic E-state index is 0.0648. The third kappa shape index (κ3) is 3.38. The van der Waals surface area contributed by atoms with Crippen LogP contribution in [-0.4, -0.2) is 27.6 Å². The van der Waals surface area contributed by atoms with Gasteiger partial charge in [-0.1, -0.05) is 0 Å². The Morgan fingerprint density at radius 2 is 2.35 bits per heavy atom. The van der Waals surface area contributed by atoms with Crippen LogP contribution in [-0.2, 0) is 17.9 Å². The monoisotopic (exact) mass is 273 g/mol. The summed E-state index contributed by atoms with van der Waals surface area (Å²) in [6.07, 6.45) is 6.74. The van der Waals surface area contributed by atoms with E-state index in [9.17, 15) is 4.79 Å². The van der Waals surface area contributed by atoms with Crippen molar-refractivity contribution in [1.82, 2.24) is 14.7 Å². The zero-order valence-corrected chi connectivity index (χ0v) is 12.0. The highest BCUT2D eigenvalue weighted by Crippen LogP contribution is 2.09. The molecule has 2 heterocycles. The largest absolute Gasteiger partial charge is 0.465 e. The van der Waals surface area contributed by atoms with Gasteiger partial charge in [-0.05, 0) is 32.1 Å². The molecule has 0 saturated carbocycles. The molecule has 0 aromatic carbocycles. The van der Waals surface area contributed by atoms with Gasteiger partial charge in [0.1, 0.15) is 5.76 Å². The molecule has 0 unspecified atom stereocenters. The van der Waals surface area contributed by atoms with Gasteiger partial charge in [0, 0.05) is 38.0 Å². The molecule has 2 aromatic rings. The molecule has 0 saturated heterocycles. The van der Waals surface area contributed by atoms with E-state index in [1.54, 1.807) is 36.4 Å². The van der Waals surface area contributed by atoms with Crippen LogP contribution < -0.4 is 0 Å². The van der Waals surface area contributed by atoms with E-state index in [-0.39, 0.29) is 5.91 Å². The highest BCUT2D eigenvalue weighted by molar-refractivity contribution is 5.91. The Hall–Kier alpha value is -2.30. The topological polar surface area (TPSA) is 51.3 Å². The second-order valence-electron chi connectivity index (χ2n) is 4.64. The number of hydrogen-bond donors (Lipinski definition) is 0. The Balaban J connectivity index is 1.98. The second-order valence-corrected chi connectivity index (χ2v) is 4.64. The van der Waals surface area contributed by atoms with Gasteiger partial charge in [-0.25, -0.2) is 0 Å². The third-order valence-corrected chi connectivity index (χ3v) is 3.09. The van der Waals surface area contributed by atoms with Crippen LogP contribution >= 0.6 is 0 Å². The van der Waals surface area contributed by atoms with Crippen LogP contribution in [0.2, 0.25) is 0 Å². The zero-order valence-electron chi connectivity index (χ0n) is 12.0. The predicted octanol–water partition coefficient (Wildman–Crippen LogP) is 2.48. The van der Waals surface area contributed by atoms with Crippen LogP contribution in [0.15, 0.2) is 35.1 Å². The van der Waals surface area contributed by atoms with Crippen molar-refractivity contribution in [3.63, 3.8) is 0 Å². The molecule has 0 aliphatic carbocycles. The molecule has 20 heavy (non-hydrogen) atoms. The van der Waals surface area contributed by atoms with Crippen LogP contribution in [0.25, 0.3) is 6.08 Å². The van der Waals surface area contributed by atoms with Gasteiger partial charge in [0.15, 0.2) is 0 Å². The van der Waals surface area contributed by atoms with E-state index in [0.29, 0.717) is 12.3 Å². The zero-order chi connectivity index (χ0) is 14.5. The number of carbonyl (C=O) groups excluding carboxylic acids is 1. The van der Waals surface area contributed by atoms with Crippen molar-refractivity contribution >= 4 is 12.0 Å². The van der Waals surface area contributed by atoms with E-state index in [1.165, 1.54) is 6.08 Å². The first-order valence-electron chi connectivity index (χ1n) is 6.59. The molecule has 106 valence electrons. The molecule has 0 fully saturated rings. The number of aromatic nitrogens is 2. The lowest BCUT2D eigenvalue weighted by Gasteiger charge is -2.14. The highest BCUT2D eigenvalue weighted by atomic mass is 16.3. The number of rotatable bonds is 5. The number of nitrogens with zero attached hydrogens (tertiary/aromatic N) is 3. The number of carbonyl (C=O) groups is 1. The van der Waals surface area contributed by atoms with Crippen molar-refractivity contribution in [2.24, 2.45) is 0 Å². The first-order chi connectivity index (χ1) is 9.60. The van der Waals surface area contributed by atoms with Gasteiger partial charge < -0.3 is 9.32 Å². The molecular weight excluding hydrogens is 254 g/mol. The second kappa shape index (κ2) is 6.23. The molecule has 0 atom stereocenters. The van der Waals surface area contributed by atoms with Crippen LogP contribution in [0.4, 0.5) is 0 Å². The van der Waals surface area contributed by atoms with Gasteiger partial charge in [-0.2, -0.15) is 5.10 Å². The van der Waals surface area contributed by atoms with Crippen LogP contribution in [0, 0.1) is 6.92 Å². The number of aryl methyl sites for hydroxylation is 2.